The second-order valence-electron chi connectivity index (χ2n) is 3.98. The molecule has 0 aliphatic carbocycles. The van der Waals surface area contributed by atoms with Crippen LogP contribution in [0.1, 0.15) is 24.1 Å². The Labute approximate surface area is 103 Å². The standard InChI is InChI=1S/C13H22N2O2/c1-5-15-8-11(14)10-7-13(17-4)12(16-3)6-9(10)2/h6-7,11,15H,5,8,14H2,1-4H3. The molecule has 0 aromatic heterocycles. The van der Waals surface area contributed by atoms with Gasteiger partial charge >= 0.3 is 0 Å². The Kier molecular flexibility index (Phi) is 5.25. The van der Waals surface area contributed by atoms with Gasteiger partial charge in [0.05, 0.1) is 14.2 Å². The molecule has 96 valence electrons. The Morgan fingerprint density at radius 1 is 1.24 bits per heavy atom. The summed E-state index contributed by atoms with van der Waals surface area (Å²) < 4.78 is 10.5. The molecule has 0 saturated carbocycles. The molecule has 0 saturated heterocycles. The molecule has 0 fully saturated rings. The van der Waals surface area contributed by atoms with E-state index >= 15 is 0 Å². The van der Waals surface area contributed by atoms with Crippen LogP contribution >= 0.6 is 0 Å². The van der Waals surface area contributed by atoms with E-state index in [4.69, 9.17) is 15.2 Å². The first kappa shape index (κ1) is 13.8. The van der Waals surface area contributed by atoms with Crippen molar-refractivity contribution in [3.05, 3.63) is 23.3 Å². The molecule has 1 rings (SSSR count). The van der Waals surface area contributed by atoms with Crippen LogP contribution in [-0.2, 0) is 0 Å². The molecule has 4 nitrogen and oxygen atoms in total. The number of rotatable bonds is 6. The molecule has 4 heteroatoms. The zero-order valence-electron chi connectivity index (χ0n) is 11.0. The van der Waals surface area contributed by atoms with Gasteiger partial charge in [-0.2, -0.15) is 0 Å². The van der Waals surface area contributed by atoms with Crippen molar-refractivity contribution in [2.75, 3.05) is 27.3 Å². The number of aryl methyl sites for hydroxylation is 1. The van der Waals surface area contributed by atoms with Crippen molar-refractivity contribution in [2.45, 2.75) is 19.9 Å². The second kappa shape index (κ2) is 6.47. The average Bonchev–Trinajstić information content (AvgIpc) is 2.35. The quantitative estimate of drug-likeness (QED) is 0.790. The lowest BCUT2D eigenvalue weighted by Gasteiger charge is -2.18. The molecule has 1 atom stereocenters. The largest absolute Gasteiger partial charge is 0.493 e. The smallest absolute Gasteiger partial charge is 0.161 e. The highest BCUT2D eigenvalue weighted by Crippen LogP contribution is 2.32. The van der Waals surface area contributed by atoms with Crippen molar-refractivity contribution >= 4 is 0 Å². The van der Waals surface area contributed by atoms with Gasteiger partial charge in [-0.3, -0.25) is 0 Å². The topological polar surface area (TPSA) is 56.5 Å². The van der Waals surface area contributed by atoms with Crippen LogP contribution in [0.5, 0.6) is 11.5 Å². The molecule has 3 N–H and O–H groups in total. The lowest BCUT2D eigenvalue weighted by atomic mass is 10.0. The summed E-state index contributed by atoms with van der Waals surface area (Å²) in [6.07, 6.45) is 0. The highest BCUT2D eigenvalue weighted by atomic mass is 16.5. The van der Waals surface area contributed by atoms with Crippen LogP contribution < -0.4 is 20.5 Å². The van der Waals surface area contributed by atoms with Gasteiger partial charge in [-0.25, -0.2) is 0 Å². The number of likely N-dealkylation sites (N-methyl/N-ethyl adjacent to an activating group) is 1. The molecule has 0 heterocycles. The molecule has 0 radical (unpaired) electrons. The first-order chi connectivity index (χ1) is 8.13. The van der Waals surface area contributed by atoms with Crippen LogP contribution in [0.4, 0.5) is 0 Å². The number of benzene rings is 1. The third kappa shape index (κ3) is 3.35. The van der Waals surface area contributed by atoms with E-state index in [1.807, 2.05) is 19.1 Å². The summed E-state index contributed by atoms with van der Waals surface area (Å²) in [6.45, 7) is 5.77. The fraction of sp³-hybridized carbons (Fsp3) is 0.538. The molecule has 0 spiro atoms. The van der Waals surface area contributed by atoms with Gasteiger partial charge in [-0.05, 0) is 36.7 Å². The Bertz CT molecular complexity index is 367. The summed E-state index contributed by atoms with van der Waals surface area (Å²) in [5, 5.41) is 3.24. The van der Waals surface area contributed by atoms with E-state index in [1.54, 1.807) is 14.2 Å². The number of hydrogen-bond acceptors (Lipinski definition) is 4. The van der Waals surface area contributed by atoms with Gasteiger partial charge in [-0.15, -0.1) is 0 Å². The summed E-state index contributed by atoms with van der Waals surface area (Å²) in [7, 11) is 3.27. The minimum Gasteiger partial charge on any atom is -0.493 e. The van der Waals surface area contributed by atoms with E-state index in [9.17, 15) is 0 Å². The lowest BCUT2D eigenvalue weighted by molar-refractivity contribution is 0.354. The van der Waals surface area contributed by atoms with Gasteiger partial charge < -0.3 is 20.5 Å². The molecule has 0 aliphatic heterocycles. The monoisotopic (exact) mass is 238 g/mol. The number of hydrogen-bond donors (Lipinski definition) is 2. The van der Waals surface area contributed by atoms with Crippen LogP contribution in [0.3, 0.4) is 0 Å². The molecular weight excluding hydrogens is 216 g/mol. The van der Waals surface area contributed by atoms with Gasteiger partial charge in [0.15, 0.2) is 11.5 Å². The minimum absolute atomic E-state index is 0.0326. The highest BCUT2D eigenvalue weighted by molar-refractivity contribution is 5.48. The van der Waals surface area contributed by atoms with Gasteiger partial charge in [0.1, 0.15) is 0 Å². The third-order valence-corrected chi connectivity index (χ3v) is 2.79. The minimum atomic E-state index is -0.0326. The zero-order valence-corrected chi connectivity index (χ0v) is 11.0. The average molecular weight is 238 g/mol. The van der Waals surface area contributed by atoms with E-state index in [0.29, 0.717) is 0 Å². The third-order valence-electron chi connectivity index (χ3n) is 2.79. The van der Waals surface area contributed by atoms with Crippen molar-refractivity contribution in [1.29, 1.82) is 0 Å². The first-order valence-corrected chi connectivity index (χ1v) is 5.82. The zero-order chi connectivity index (χ0) is 12.8. The van der Waals surface area contributed by atoms with Gasteiger partial charge in [-0.1, -0.05) is 6.92 Å². The molecule has 1 aromatic rings. The summed E-state index contributed by atoms with van der Waals surface area (Å²) in [6, 6.07) is 3.88. The van der Waals surface area contributed by atoms with E-state index in [0.717, 1.165) is 35.7 Å². The Morgan fingerprint density at radius 2 is 1.82 bits per heavy atom. The lowest BCUT2D eigenvalue weighted by Crippen LogP contribution is -2.27. The molecule has 0 aliphatic rings. The molecule has 1 unspecified atom stereocenters. The number of ether oxygens (including phenoxy) is 2. The normalized spacial score (nSPS) is 12.3. The van der Waals surface area contributed by atoms with Crippen molar-refractivity contribution in [3.8, 4) is 11.5 Å². The van der Waals surface area contributed by atoms with Crippen LogP contribution in [-0.4, -0.2) is 27.3 Å². The summed E-state index contributed by atoms with van der Waals surface area (Å²) in [4.78, 5) is 0. The van der Waals surface area contributed by atoms with Gasteiger partial charge in [0.2, 0.25) is 0 Å². The van der Waals surface area contributed by atoms with E-state index in [1.165, 1.54) is 0 Å². The number of nitrogens with one attached hydrogen (secondary N) is 1. The van der Waals surface area contributed by atoms with Crippen molar-refractivity contribution in [1.82, 2.24) is 5.32 Å². The SMILES string of the molecule is CCNCC(N)c1cc(OC)c(OC)cc1C. The Balaban J connectivity index is 2.99. The molecular formula is C13H22N2O2. The predicted molar refractivity (Wildman–Crippen MR) is 69.8 cm³/mol. The molecule has 1 aromatic carbocycles. The maximum Gasteiger partial charge on any atom is 0.161 e. The maximum absolute atomic E-state index is 6.14. The van der Waals surface area contributed by atoms with Crippen LogP contribution in [0.2, 0.25) is 0 Å². The summed E-state index contributed by atoms with van der Waals surface area (Å²) in [5.74, 6) is 1.46. The fourth-order valence-corrected chi connectivity index (χ4v) is 1.81. The summed E-state index contributed by atoms with van der Waals surface area (Å²) >= 11 is 0. The highest BCUT2D eigenvalue weighted by Gasteiger charge is 2.13. The van der Waals surface area contributed by atoms with Gasteiger partial charge in [0.25, 0.3) is 0 Å². The van der Waals surface area contributed by atoms with Crippen molar-refractivity contribution < 1.29 is 9.47 Å². The van der Waals surface area contributed by atoms with E-state index in [2.05, 4.69) is 12.2 Å². The van der Waals surface area contributed by atoms with E-state index in [-0.39, 0.29) is 6.04 Å². The second-order valence-corrected chi connectivity index (χ2v) is 3.98. The van der Waals surface area contributed by atoms with Crippen molar-refractivity contribution in [3.63, 3.8) is 0 Å². The first-order valence-electron chi connectivity index (χ1n) is 5.82. The molecule has 17 heavy (non-hydrogen) atoms. The van der Waals surface area contributed by atoms with Gasteiger partial charge in [0, 0.05) is 12.6 Å². The van der Waals surface area contributed by atoms with Crippen LogP contribution in [0, 0.1) is 6.92 Å². The number of nitrogens with two attached hydrogens (primary N) is 1. The van der Waals surface area contributed by atoms with Crippen LogP contribution in [0.25, 0.3) is 0 Å². The predicted octanol–water partition coefficient (Wildman–Crippen LogP) is 1.62. The van der Waals surface area contributed by atoms with Crippen LogP contribution in [0.15, 0.2) is 12.1 Å². The molecule has 0 bridgehead atoms. The Morgan fingerprint density at radius 3 is 2.35 bits per heavy atom. The fourth-order valence-electron chi connectivity index (χ4n) is 1.81. The molecule has 0 amide bonds. The van der Waals surface area contributed by atoms with E-state index < -0.39 is 0 Å². The summed E-state index contributed by atoms with van der Waals surface area (Å²) in [5.41, 5.74) is 8.34. The maximum atomic E-state index is 6.14. The van der Waals surface area contributed by atoms with Crippen molar-refractivity contribution in [2.24, 2.45) is 5.73 Å². The number of methoxy groups -OCH3 is 2. The Hall–Kier alpha value is -1.26.